The molecule has 1 aromatic carbocycles. The second-order valence-electron chi connectivity index (χ2n) is 5.39. The van der Waals surface area contributed by atoms with Crippen molar-refractivity contribution in [2.75, 3.05) is 13.6 Å². The van der Waals surface area contributed by atoms with E-state index in [1.807, 2.05) is 44.0 Å². The minimum Gasteiger partial charge on any atom is -0.353 e. The normalized spacial score (nSPS) is 11.1. The number of likely N-dealkylation sites (N-methyl/N-ethyl adjacent to an activating group) is 1. The molecule has 0 aliphatic carbocycles. The topological polar surface area (TPSA) is 45.2 Å². The van der Waals surface area contributed by atoms with Gasteiger partial charge in [0.05, 0.1) is 18.8 Å². The van der Waals surface area contributed by atoms with Gasteiger partial charge in [-0.05, 0) is 20.9 Å². The Morgan fingerprint density at radius 2 is 2.05 bits per heavy atom. The van der Waals surface area contributed by atoms with Gasteiger partial charge in [0.1, 0.15) is 5.01 Å². The molecule has 0 bridgehead atoms. The summed E-state index contributed by atoms with van der Waals surface area (Å²) in [6, 6.07) is 10.3. The molecule has 112 valence electrons. The molecule has 1 N–H and O–H groups in total. The molecule has 0 saturated heterocycles. The summed E-state index contributed by atoms with van der Waals surface area (Å²) >= 11 is 1.63. The van der Waals surface area contributed by atoms with Crippen LogP contribution in [0.3, 0.4) is 0 Å². The van der Waals surface area contributed by atoms with E-state index in [4.69, 9.17) is 0 Å². The number of rotatable bonds is 6. The number of nitrogens with zero attached hydrogens (tertiary/aromatic N) is 2. The molecule has 0 unspecified atom stereocenters. The smallest absolute Gasteiger partial charge is 0.234 e. The fourth-order valence-corrected chi connectivity index (χ4v) is 2.91. The molecule has 0 radical (unpaired) electrons. The van der Waals surface area contributed by atoms with Gasteiger partial charge in [-0.3, -0.25) is 9.69 Å². The molecule has 0 spiro atoms. The Balaban J connectivity index is 1.92. The first-order chi connectivity index (χ1) is 10.0. The number of nitrogens with one attached hydrogen (secondary N) is 1. The fraction of sp³-hybridized carbons (Fsp3) is 0.375. The van der Waals surface area contributed by atoms with Gasteiger partial charge in [-0.2, -0.15) is 0 Å². The van der Waals surface area contributed by atoms with Gasteiger partial charge in [0.15, 0.2) is 0 Å². The van der Waals surface area contributed by atoms with Crippen molar-refractivity contribution >= 4 is 17.2 Å². The molecule has 0 atom stereocenters. The van der Waals surface area contributed by atoms with Gasteiger partial charge >= 0.3 is 0 Å². The van der Waals surface area contributed by atoms with Crippen molar-refractivity contribution < 1.29 is 4.79 Å². The molecule has 1 heterocycles. The predicted molar refractivity (Wildman–Crippen MR) is 87.2 cm³/mol. The standard InChI is InChI=1S/C16H21N3OS/c1-12(2)17-15(20)9-19(3)10-16-18-14(11-21-16)13-7-5-4-6-8-13/h4-8,11-12H,9-10H2,1-3H3,(H,17,20). The largest absolute Gasteiger partial charge is 0.353 e. The number of hydrogen-bond acceptors (Lipinski definition) is 4. The van der Waals surface area contributed by atoms with Gasteiger partial charge in [0.25, 0.3) is 0 Å². The molecule has 4 nitrogen and oxygen atoms in total. The summed E-state index contributed by atoms with van der Waals surface area (Å²) in [7, 11) is 1.93. The molecule has 2 aromatic rings. The molecule has 0 aliphatic rings. The third kappa shape index (κ3) is 4.95. The van der Waals surface area contributed by atoms with Gasteiger partial charge in [0.2, 0.25) is 5.91 Å². The zero-order valence-electron chi connectivity index (χ0n) is 12.7. The monoisotopic (exact) mass is 303 g/mol. The third-order valence-electron chi connectivity index (χ3n) is 2.89. The van der Waals surface area contributed by atoms with E-state index in [1.54, 1.807) is 11.3 Å². The number of thiazole rings is 1. The van der Waals surface area contributed by atoms with Crippen LogP contribution in [-0.2, 0) is 11.3 Å². The van der Waals surface area contributed by atoms with Gasteiger partial charge in [-0.15, -0.1) is 11.3 Å². The van der Waals surface area contributed by atoms with E-state index < -0.39 is 0 Å². The van der Waals surface area contributed by atoms with Crippen molar-refractivity contribution in [1.29, 1.82) is 0 Å². The Labute approximate surface area is 129 Å². The predicted octanol–water partition coefficient (Wildman–Crippen LogP) is 2.77. The highest BCUT2D eigenvalue weighted by Crippen LogP contribution is 2.22. The summed E-state index contributed by atoms with van der Waals surface area (Å²) in [5, 5.41) is 5.98. The average Bonchev–Trinajstić information content (AvgIpc) is 2.86. The molecule has 0 fully saturated rings. The van der Waals surface area contributed by atoms with Crippen molar-refractivity contribution in [3.8, 4) is 11.3 Å². The molecular weight excluding hydrogens is 282 g/mol. The van der Waals surface area contributed by atoms with E-state index in [9.17, 15) is 4.79 Å². The van der Waals surface area contributed by atoms with Crippen LogP contribution in [0.4, 0.5) is 0 Å². The van der Waals surface area contributed by atoms with Crippen LogP contribution in [0.2, 0.25) is 0 Å². The summed E-state index contributed by atoms with van der Waals surface area (Å²) in [4.78, 5) is 18.3. The average molecular weight is 303 g/mol. The maximum absolute atomic E-state index is 11.7. The molecular formula is C16H21N3OS. The number of benzene rings is 1. The molecule has 0 aliphatic heterocycles. The maximum Gasteiger partial charge on any atom is 0.234 e. The van der Waals surface area contributed by atoms with E-state index in [0.717, 1.165) is 16.3 Å². The van der Waals surface area contributed by atoms with Crippen molar-refractivity contribution in [1.82, 2.24) is 15.2 Å². The minimum absolute atomic E-state index is 0.0485. The zero-order chi connectivity index (χ0) is 15.2. The second kappa shape index (κ2) is 7.33. The van der Waals surface area contributed by atoms with Crippen LogP contribution >= 0.6 is 11.3 Å². The Bertz CT molecular complexity index is 580. The van der Waals surface area contributed by atoms with Crippen molar-refractivity contribution in [3.63, 3.8) is 0 Å². The molecule has 2 rings (SSSR count). The Morgan fingerprint density at radius 3 is 2.71 bits per heavy atom. The lowest BCUT2D eigenvalue weighted by molar-refractivity contribution is -0.122. The number of amides is 1. The zero-order valence-corrected chi connectivity index (χ0v) is 13.5. The Morgan fingerprint density at radius 1 is 1.33 bits per heavy atom. The van der Waals surface area contributed by atoms with E-state index in [0.29, 0.717) is 13.1 Å². The van der Waals surface area contributed by atoms with Crippen molar-refractivity contribution in [2.24, 2.45) is 0 Å². The van der Waals surface area contributed by atoms with Gasteiger partial charge in [0, 0.05) is 17.0 Å². The number of carbonyl (C=O) groups is 1. The molecule has 21 heavy (non-hydrogen) atoms. The summed E-state index contributed by atoms with van der Waals surface area (Å²) in [6.45, 7) is 5.00. The lowest BCUT2D eigenvalue weighted by Gasteiger charge is -2.16. The molecule has 0 saturated carbocycles. The van der Waals surface area contributed by atoms with E-state index in [2.05, 4.69) is 27.8 Å². The van der Waals surface area contributed by atoms with Crippen LogP contribution in [0, 0.1) is 0 Å². The highest BCUT2D eigenvalue weighted by atomic mass is 32.1. The lowest BCUT2D eigenvalue weighted by Crippen LogP contribution is -2.38. The van der Waals surface area contributed by atoms with Crippen LogP contribution in [0.25, 0.3) is 11.3 Å². The third-order valence-corrected chi connectivity index (χ3v) is 3.72. The number of hydrogen-bond donors (Lipinski definition) is 1. The first-order valence-corrected chi connectivity index (χ1v) is 7.90. The fourth-order valence-electron chi connectivity index (χ4n) is 2.02. The number of carbonyl (C=O) groups excluding carboxylic acids is 1. The van der Waals surface area contributed by atoms with Gasteiger partial charge in [-0.1, -0.05) is 30.3 Å². The highest BCUT2D eigenvalue weighted by Gasteiger charge is 2.10. The van der Waals surface area contributed by atoms with E-state index in [1.165, 1.54) is 0 Å². The summed E-state index contributed by atoms with van der Waals surface area (Å²) in [5.41, 5.74) is 2.12. The first kappa shape index (κ1) is 15.7. The van der Waals surface area contributed by atoms with Crippen molar-refractivity contribution in [3.05, 3.63) is 40.7 Å². The Hall–Kier alpha value is -1.72. The quantitative estimate of drug-likeness (QED) is 0.892. The summed E-state index contributed by atoms with van der Waals surface area (Å²) in [5.74, 6) is 0.0485. The summed E-state index contributed by atoms with van der Waals surface area (Å²) < 4.78 is 0. The highest BCUT2D eigenvalue weighted by molar-refractivity contribution is 7.09. The molecule has 1 amide bonds. The maximum atomic E-state index is 11.7. The lowest BCUT2D eigenvalue weighted by atomic mass is 10.2. The van der Waals surface area contributed by atoms with Crippen molar-refractivity contribution in [2.45, 2.75) is 26.4 Å². The van der Waals surface area contributed by atoms with E-state index >= 15 is 0 Å². The molecule has 1 aromatic heterocycles. The number of aromatic nitrogens is 1. The SMILES string of the molecule is CC(C)NC(=O)CN(C)Cc1nc(-c2ccccc2)cs1. The Kier molecular flexibility index (Phi) is 5.47. The second-order valence-corrected chi connectivity index (χ2v) is 6.33. The van der Waals surface area contributed by atoms with E-state index in [-0.39, 0.29) is 11.9 Å². The van der Waals surface area contributed by atoms with Gasteiger partial charge < -0.3 is 5.32 Å². The first-order valence-electron chi connectivity index (χ1n) is 7.02. The van der Waals surface area contributed by atoms with Gasteiger partial charge in [-0.25, -0.2) is 4.98 Å². The van der Waals surface area contributed by atoms with Crippen LogP contribution in [-0.4, -0.2) is 35.4 Å². The minimum atomic E-state index is 0.0485. The summed E-state index contributed by atoms with van der Waals surface area (Å²) in [6.07, 6.45) is 0. The van der Waals surface area contributed by atoms with Crippen LogP contribution in [0.15, 0.2) is 35.7 Å². The molecule has 5 heteroatoms. The van der Waals surface area contributed by atoms with Crippen LogP contribution in [0.1, 0.15) is 18.9 Å². The van der Waals surface area contributed by atoms with Crippen LogP contribution < -0.4 is 5.32 Å². The van der Waals surface area contributed by atoms with Crippen LogP contribution in [0.5, 0.6) is 0 Å².